The third-order valence-electron chi connectivity index (χ3n) is 3.01. The molecule has 1 aromatic rings. The summed E-state index contributed by atoms with van der Waals surface area (Å²) in [5, 5.41) is 4.72. The Balaban J connectivity index is 0.000000684. The van der Waals surface area contributed by atoms with Crippen molar-refractivity contribution in [3.8, 4) is 0 Å². The van der Waals surface area contributed by atoms with Gasteiger partial charge in [0.2, 0.25) is 5.91 Å². The van der Waals surface area contributed by atoms with E-state index in [2.05, 4.69) is 23.3 Å². The number of ether oxygens (including phenoxy) is 2. The van der Waals surface area contributed by atoms with Crippen LogP contribution in [0.5, 0.6) is 0 Å². The topological polar surface area (TPSA) is 111 Å². The summed E-state index contributed by atoms with van der Waals surface area (Å²) in [5.41, 5.74) is 0.638. The van der Waals surface area contributed by atoms with Crippen LogP contribution in [-0.4, -0.2) is 48.4 Å². The Morgan fingerprint density at radius 1 is 1.14 bits per heavy atom. The molecule has 9 heteroatoms. The Bertz CT molecular complexity index is 700. The second-order valence-electron chi connectivity index (χ2n) is 6.71. The molecule has 0 saturated heterocycles. The molecule has 28 heavy (non-hydrogen) atoms. The van der Waals surface area contributed by atoms with E-state index in [0.717, 1.165) is 0 Å². The smallest absolute Gasteiger partial charge is 0.407 e. The molecule has 0 radical (unpaired) electrons. The lowest BCUT2D eigenvalue weighted by Gasteiger charge is -2.18. The summed E-state index contributed by atoms with van der Waals surface area (Å²) in [5.74, 6) is -1.89. The number of hydrogen-bond acceptors (Lipinski definition) is 7. The summed E-state index contributed by atoms with van der Waals surface area (Å²) in [6.07, 6.45) is -0.387. The predicted molar refractivity (Wildman–Crippen MR) is 108 cm³/mol. The van der Waals surface area contributed by atoms with Crippen molar-refractivity contribution in [1.29, 1.82) is 0 Å². The van der Waals surface area contributed by atoms with Crippen LogP contribution in [-0.2, 0) is 19.1 Å². The summed E-state index contributed by atoms with van der Waals surface area (Å²) in [6.45, 7) is 8.48. The van der Waals surface area contributed by atoms with Crippen molar-refractivity contribution in [2.75, 3.05) is 12.8 Å². The largest absolute Gasteiger partial charge is 0.444 e. The van der Waals surface area contributed by atoms with Gasteiger partial charge in [-0.1, -0.05) is 18.2 Å². The Morgan fingerprint density at radius 3 is 2.11 bits per heavy atom. The van der Waals surface area contributed by atoms with Crippen LogP contribution in [0.3, 0.4) is 0 Å². The number of esters is 2. The highest BCUT2D eigenvalue weighted by atomic mass is 32.1. The number of carbonyl (C=O) groups is 4. The molecule has 2 amide bonds. The molecule has 1 rings (SSSR count). The molecule has 0 saturated carbocycles. The fourth-order valence-electron chi connectivity index (χ4n) is 1.77. The van der Waals surface area contributed by atoms with E-state index in [0.29, 0.717) is 11.1 Å². The van der Waals surface area contributed by atoms with Crippen molar-refractivity contribution >= 4 is 36.6 Å². The monoisotopic (exact) mass is 412 g/mol. The summed E-state index contributed by atoms with van der Waals surface area (Å²) in [7, 11) is 1.54. The highest BCUT2D eigenvalue weighted by molar-refractivity contribution is 7.80. The summed E-state index contributed by atoms with van der Waals surface area (Å²) in [4.78, 5) is 44.9. The summed E-state index contributed by atoms with van der Waals surface area (Å²) < 4.78 is 9.57. The highest BCUT2D eigenvalue weighted by Gasteiger charge is 2.23. The molecule has 8 nitrogen and oxygen atoms in total. The van der Waals surface area contributed by atoms with E-state index < -0.39 is 18.0 Å². The van der Waals surface area contributed by atoms with E-state index in [1.54, 1.807) is 31.2 Å². The third kappa shape index (κ3) is 10.6. The summed E-state index contributed by atoms with van der Waals surface area (Å²) in [6, 6.07) is 5.83. The molecular weight excluding hydrogens is 384 g/mol. The van der Waals surface area contributed by atoms with E-state index in [-0.39, 0.29) is 23.4 Å². The molecule has 0 fully saturated rings. The van der Waals surface area contributed by atoms with Crippen molar-refractivity contribution < 1.29 is 28.7 Å². The normalized spacial score (nSPS) is 11.2. The SMILES string of the molecule is CC(=O)NC(CS)C(=O)OC(=O)c1ccccc1C.CNC(=O)OC(C)(C)C. The predicted octanol–water partition coefficient (Wildman–Crippen LogP) is 2.25. The highest BCUT2D eigenvalue weighted by Crippen LogP contribution is 2.09. The number of thiol groups is 1. The van der Waals surface area contributed by atoms with Crippen LogP contribution in [0.4, 0.5) is 4.79 Å². The lowest BCUT2D eigenvalue weighted by molar-refractivity contribution is -0.141. The van der Waals surface area contributed by atoms with Gasteiger partial charge in [0, 0.05) is 19.7 Å². The number of carbonyl (C=O) groups excluding carboxylic acids is 4. The Hall–Kier alpha value is -2.55. The zero-order valence-electron chi connectivity index (χ0n) is 17.0. The average molecular weight is 413 g/mol. The number of benzene rings is 1. The first-order valence-electron chi connectivity index (χ1n) is 8.51. The molecule has 1 unspecified atom stereocenters. The van der Waals surface area contributed by atoms with Gasteiger partial charge in [-0.15, -0.1) is 0 Å². The standard InChI is InChI=1S/C13H15NO4S.C6H13NO2/c1-8-5-3-4-6-10(8)12(16)18-13(17)11(7-19)14-9(2)15;1-6(2,3)9-5(8)7-4/h3-6,11,19H,7H2,1-2H3,(H,14,15);1-4H3,(H,7,8). The second kappa shape index (κ2) is 12.0. The zero-order chi connectivity index (χ0) is 21.9. The first-order chi connectivity index (χ1) is 12.9. The maximum absolute atomic E-state index is 11.8. The number of nitrogens with one attached hydrogen (secondary N) is 2. The Kier molecular flexibility index (Phi) is 10.9. The zero-order valence-corrected chi connectivity index (χ0v) is 17.9. The quantitative estimate of drug-likeness (QED) is 0.397. The Labute approximate surface area is 170 Å². The third-order valence-corrected chi connectivity index (χ3v) is 3.37. The van der Waals surface area contributed by atoms with Gasteiger partial charge in [0.1, 0.15) is 11.6 Å². The second-order valence-corrected chi connectivity index (χ2v) is 7.08. The van der Waals surface area contributed by atoms with E-state index in [1.165, 1.54) is 14.0 Å². The first kappa shape index (κ1) is 25.4. The molecule has 2 N–H and O–H groups in total. The number of hydrogen-bond donors (Lipinski definition) is 3. The van der Waals surface area contributed by atoms with Gasteiger partial charge in [-0.25, -0.2) is 14.4 Å². The number of rotatable bonds is 4. The van der Waals surface area contributed by atoms with Gasteiger partial charge in [-0.3, -0.25) is 4.79 Å². The van der Waals surface area contributed by atoms with Crippen LogP contribution in [0, 0.1) is 6.92 Å². The van der Waals surface area contributed by atoms with Crippen molar-refractivity contribution in [3.05, 3.63) is 35.4 Å². The summed E-state index contributed by atoms with van der Waals surface area (Å²) >= 11 is 3.93. The molecule has 0 aromatic heterocycles. The average Bonchev–Trinajstić information content (AvgIpc) is 2.58. The molecule has 0 aliphatic carbocycles. The van der Waals surface area contributed by atoms with Crippen molar-refractivity contribution in [3.63, 3.8) is 0 Å². The molecule has 1 aromatic carbocycles. The van der Waals surface area contributed by atoms with Crippen LogP contribution in [0.25, 0.3) is 0 Å². The minimum Gasteiger partial charge on any atom is -0.444 e. The molecular formula is C19H28N2O6S. The van der Waals surface area contributed by atoms with Crippen LogP contribution in [0.15, 0.2) is 24.3 Å². The number of aryl methyl sites for hydroxylation is 1. The Morgan fingerprint density at radius 2 is 1.71 bits per heavy atom. The molecule has 0 heterocycles. The van der Waals surface area contributed by atoms with E-state index >= 15 is 0 Å². The van der Waals surface area contributed by atoms with Crippen LogP contribution < -0.4 is 10.6 Å². The lowest BCUT2D eigenvalue weighted by atomic mass is 10.1. The number of alkyl carbamates (subject to hydrolysis) is 1. The van der Waals surface area contributed by atoms with Gasteiger partial charge in [0.25, 0.3) is 0 Å². The minimum absolute atomic E-state index is 0.0550. The van der Waals surface area contributed by atoms with Gasteiger partial charge in [-0.2, -0.15) is 12.6 Å². The van der Waals surface area contributed by atoms with Crippen LogP contribution >= 0.6 is 12.6 Å². The van der Waals surface area contributed by atoms with Crippen molar-refractivity contribution in [2.24, 2.45) is 0 Å². The van der Waals surface area contributed by atoms with Crippen LogP contribution in [0.1, 0.15) is 43.6 Å². The molecule has 0 aliphatic heterocycles. The van der Waals surface area contributed by atoms with Gasteiger partial charge in [0.05, 0.1) is 5.56 Å². The first-order valence-corrected chi connectivity index (χ1v) is 9.14. The fourth-order valence-corrected chi connectivity index (χ4v) is 2.01. The molecule has 156 valence electrons. The molecule has 1 atom stereocenters. The van der Waals surface area contributed by atoms with Crippen LogP contribution in [0.2, 0.25) is 0 Å². The van der Waals surface area contributed by atoms with Crippen molar-refractivity contribution in [1.82, 2.24) is 10.6 Å². The molecule has 0 bridgehead atoms. The van der Waals surface area contributed by atoms with Gasteiger partial charge in [0.15, 0.2) is 0 Å². The van der Waals surface area contributed by atoms with Gasteiger partial charge < -0.3 is 20.1 Å². The van der Waals surface area contributed by atoms with E-state index in [4.69, 9.17) is 9.47 Å². The minimum atomic E-state index is -0.936. The maximum Gasteiger partial charge on any atom is 0.407 e. The molecule has 0 aliphatic rings. The van der Waals surface area contributed by atoms with E-state index in [1.807, 2.05) is 20.8 Å². The van der Waals surface area contributed by atoms with Gasteiger partial charge >= 0.3 is 18.0 Å². The maximum atomic E-state index is 11.8. The number of amides is 2. The van der Waals surface area contributed by atoms with Gasteiger partial charge in [-0.05, 0) is 39.3 Å². The van der Waals surface area contributed by atoms with Crippen molar-refractivity contribution in [2.45, 2.75) is 46.3 Å². The lowest BCUT2D eigenvalue weighted by Crippen LogP contribution is -2.42. The molecule has 0 spiro atoms. The van der Waals surface area contributed by atoms with E-state index in [9.17, 15) is 19.2 Å². The fraction of sp³-hybridized carbons (Fsp3) is 0.474.